The molecule has 0 aliphatic heterocycles. The Morgan fingerprint density at radius 1 is 1.17 bits per heavy atom. The van der Waals surface area contributed by atoms with Crippen LogP contribution < -0.4 is 0 Å². The van der Waals surface area contributed by atoms with Crippen LogP contribution in [0, 0.1) is 6.92 Å². The van der Waals surface area contributed by atoms with Crippen LogP contribution in [0.5, 0.6) is 0 Å². The van der Waals surface area contributed by atoms with Crippen molar-refractivity contribution >= 4 is 50.7 Å². The van der Waals surface area contributed by atoms with E-state index in [1.54, 1.807) is 30.4 Å². The van der Waals surface area contributed by atoms with E-state index in [4.69, 9.17) is 23.2 Å². The van der Waals surface area contributed by atoms with Crippen LogP contribution >= 0.6 is 34.5 Å². The van der Waals surface area contributed by atoms with Gasteiger partial charge in [0, 0.05) is 41.4 Å². The molecule has 0 spiro atoms. The lowest BCUT2D eigenvalue weighted by Crippen LogP contribution is -2.25. The van der Waals surface area contributed by atoms with Crippen LogP contribution in [0.3, 0.4) is 0 Å². The Labute approximate surface area is 182 Å². The van der Waals surface area contributed by atoms with Crippen molar-refractivity contribution in [3.05, 3.63) is 80.5 Å². The third-order valence-electron chi connectivity index (χ3n) is 4.67. The van der Waals surface area contributed by atoms with E-state index in [0.29, 0.717) is 28.0 Å². The molecule has 4 rings (SSSR count). The van der Waals surface area contributed by atoms with E-state index >= 15 is 0 Å². The number of benzene rings is 1. The van der Waals surface area contributed by atoms with Gasteiger partial charge in [-0.15, -0.1) is 11.3 Å². The van der Waals surface area contributed by atoms with Crippen molar-refractivity contribution in [3.8, 4) is 0 Å². The van der Waals surface area contributed by atoms with Gasteiger partial charge in [0.1, 0.15) is 4.83 Å². The van der Waals surface area contributed by atoms with E-state index in [0.717, 1.165) is 27.0 Å². The highest BCUT2D eigenvalue weighted by Gasteiger charge is 2.19. The second kappa shape index (κ2) is 8.14. The van der Waals surface area contributed by atoms with Crippen LogP contribution in [0.15, 0.2) is 48.8 Å². The van der Waals surface area contributed by atoms with Crippen molar-refractivity contribution in [1.29, 1.82) is 0 Å². The maximum Gasteiger partial charge on any atom is 0.264 e. The molecule has 29 heavy (non-hydrogen) atoms. The maximum absolute atomic E-state index is 12.9. The number of nitrogens with zero attached hydrogens (tertiary/aromatic N) is 4. The van der Waals surface area contributed by atoms with Crippen molar-refractivity contribution in [2.75, 3.05) is 7.05 Å². The number of rotatable bonds is 5. The standard InChI is InChI=1S/C21H18Cl2N4OS/c1-13-17-10-19(20(28)26(2)11-14-5-7-24-8-6-14)29-21(17)27(25-13)12-15-3-4-16(22)9-18(15)23/h3-10H,11-12H2,1-2H3. The van der Waals surface area contributed by atoms with Gasteiger partial charge in [-0.1, -0.05) is 29.3 Å². The normalized spacial score (nSPS) is 11.2. The maximum atomic E-state index is 12.9. The number of hydrogen-bond donors (Lipinski definition) is 0. The first-order valence-electron chi connectivity index (χ1n) is 8.97. The minimum absolute atomic E-state index is 0.0153. The summed E-state index contributed by atoms with van der Waals surface area (Å²) in [7, 11) is 1.81. The molecule has 3 aromatic heterocycles. The van der Waals surface area contributed by atoms with Crippen LogP contribution in [-0.2, 0) is 13.1 Å². The summed E-state index contributed by atoms with van der Waals surface area (Å²) in [6, 6.07) is 11.2. The lowest BCUT2D eigenvalue weighted by molar-refractivity contribution is 0.0790. The summed E-state index contributed by atoms with van der Waals surface area (Å²) < 4.78 is 1.89. The average Bonchev–Trinajstić information content (AvgIpc) is 3.25. The van der Waals surface area contributed by atoms with Crippen LogP contribution in [0.1, 0.15) is 26.5 Å². The molecule has 0 N–H and O–H groups in total. The highest BCUT2D eigenvalue weighted by molar-refractivity contribution is 7.20. The van der Waals surface area contributed by atoms with Crippen LogP contribution in [-0.4, -0.2) is 32.6 Å². The van der Waals surface area contributed by atoms with Gasteiger partial charge in [-0.05, 0) is 48.4 Å². The van der Waals surface area contributed by atoms with E-state index in [9.17, 15) is 4.79 Å². The third kappa shape index (κ3) is 4.15. The predicted octanol–water partition coefficient (Wildman–Crippen LogP) is 5.43. The molecule has 3 heterocycles. The van der Waals surface area contributed by atoms with Crippen molar-refractivity contribution in [2.24, 2.45) is 0 Å². The lowest BCUT2D eigenvalue weighted by Gasteiger charge is -2.16. The molecule has 0 aliphatic carbocycles. The molecule has 0 radical (unpaired) electrons. The van der Waals surface area contributed by atoms with Crippen molar-refractivity contribution in [2.45, 2.75) is 20.0 Å². The SMILES string of the molecule is Cc1nn(Cc2ccc(Cl)cc2Cl)c2sc(C(=O)N(C)Cc3ccncc3)cc12. The summed E-state index contributed by atoms with van der Waals surface area (Å²) in [5.74, 6) is -0.0153. The smallest absolute Gasteiger partial charge is 0.264 e. The van der Waals surface area contributed by atoms with Gasteiger partial charge in [0.25, 0.3) is 5.91 Å². The zero-order valence-electron chi connectivity index (χ0n) is 15.9. The van der Waals surface area contributed by atoms with E-state index in [2.05, 4.69) is 10.1 Å². The largest absolute Gasteiger partial charge is 0.337 e. The predicted molar refractivity (Wildman–Crippen MR) is 118 cm³/mol. The number of aromatic nitrogens is 3. The van der Waals surface area contributed by atoms with Crippen LogP contribution in [0.2, 0.25) is 10.0 Å². The molecule has 5 nitrogen and oxygen atoms in total. The third-order valence-corrected chi connectivity index (χ3v) is 6.39. The number of fused-ring (bicyclic) bond motifs is 1. The molecular formula is C21H18Cl2N4OS. The molecule has 0 bridgehead atoms. The minimum atomic E-state index is -0.0153. The highest BCUT2D eigenvalue weighted by Crippen LogP contribution is 2.31. The van der Waals surface area contributed by atoms with Gasteiger partial charge < -0.3 is 4.90 Å². The number of halogens is 2. The molecule has 0 atom stereocenters. The molecule has 0 aliphatic rings. The molecule has 1 aromatic carbocycles. The number of carbonyl (C=O) groups is 1. The van der Waals surface area contributed by atoms with E-state index < -0.39 is 0 Å². The van der Waals surface area contributed by atoms with Gasteiger partial charge in [0.05, 0.1) is 17.1 Å². The first kappa shape index (κ1) is 19.9. The van der Waals surface area contributed by atoms with Gasteiger partial charge in [0.2, 0.25) is 0 Å². The number of thiophene rings is 1. The van der Waals surface area contributed by atoms with Gasteiger partial charge in [-0.25, -0.2) is 0 Å². The minimum Gasteiger partial charge on any atom is -0.337 e. The summed E-state index contributed by atoms with van der Waals surface area (Å²) in [5.41, 5.74) is 2.85. The number of amides is 1. The molecular weight excluding hydrogens is 427 g/mol. The summed E-state index contributed by atoms with van der Waals surface area (Å²) >= 11 is 13.8. The Hall–Kier alpha value is -2.41. The fraction of sp³-hybridized carbons (Fsp3) is 0.190. The first-order valence-corrected chi connectivity index (χ1v) is 10.5. The molecule has 0 saturated carbocycles. The quantitative estimate of drug-likeness (QED) is 0.412. The van der Waals surface area contributed by atoms with Crippen molar-refractivity contribution < 1.29 is 4.79 Å². The second-order valence-electron chi connectivity index (χ2n) is 6.82. The van der Waals surface area contributed by atoms with Gasteiger partial charge in [-0.3, -0.25) is 14.5 Å². The average molecular weight is 445 g/mol. The number of pyridine rings is 1. The Morgan fingerprint density at radius 3 is 2.66 bits per heavy atom. The van der Waals surface area contributed by atoms with E-state index in [1.807, 2.05) is 41.9 Å². The molecule has 0 saturated heterocycles. The first-order chi connectivity index (χ1) is 13.9. The highest BCUT2D eigenvalue weighted by atomic mass is 35.5. The molecule has 1 amide bonds. The summed E-state index contributed by atoms with van der Waals surface area (Å²) in [5, 5.41) is 6.81. The summed E-state index contributed by atoms with van der Waals surface area (Å²) in [4.78, 5) is 20.3. The van der Waals surface area contributed by atoms with Crippen molar-refractivity contribution in [3.63, 3.8) is 0 Å². The summed E-state index contributed by atoms with van der Waals surface area (Å²) in [6.07, 6.45) is 3.46. The lowest BCUT2D eigenvalue weighted by atomic mass is 10.2. The molecule has 4 aromatic rings. The van der Waals surface area contributed by atoms with Gasteiger partial charge in [0.15, 0.2) is 0 Å². The van der Waals surface area contributed by atoms with Crippen LogP contribution in [0.4, 0.5) is 0 Å². The molecule has 0 unspecified atom stereocenters. The number of hydrogen-bond acceptors (Lipinski definition) is 4. The topological polar surface area (TPSA) is 51.0 Å². The zero-order valence-corrected chi connectivity index (χ0v) is 18.2. The Kier molecular flexibility index (Phi) is 5.58. The number of carbonyl (C=O) groups excluding carboxylic acids is 1. The van der Waals surface area contributed by atoms with Gasteiger partial charge in [-0.2, -0.15) is 5.10 Å². The van der Waals surface area contributed by atoms with Gasteiger partial charge >= 0.3 is 0 Å². The fourth-order valence-electron chi connectivity index (χ4n) is 3.16. The monoisotopic (exact) mass is 444 g/mol. The second-order valence-corrected chi connectivity index (χ2v) is 8.70. The molecule has 8 heteroatoms. The Balaban J connectivity index is 1.61. The van der Waals surface area contributed by atoms with Crippen molar-refractivity contribution in [1.82, 2.24) is 19.7 Å². The zero-order chi connectivity index (χ0) is 20.5. The molecule has 0 fully saturated rings. The fourth-order valence-corrected chi connectivity index (χ4v) is 4.78. The van der Waals surface area contributed by atoms with Crippen LogP contribution in [0.25, 0.3) is 10.2 Å². The summed E-state index contributed by atoms with van der Waals surface area (Å²) in [6.45, 7) is 2.99. The Morgan fingerprint density at radius 2 is 1.93 bits per heavy atom. The Bertz CT molecular complexity index is 1190. The van der Waals surface area contributed by atoms with E-state index in [1.165, 1.54) is 11.3 Å². The molecule has 148 valence electrons. The van der Waals surface area contributed by atoms with E-state index in [-0.39, 0.29) is 5.91 Å². The number of aryl methyl sites for hydroxylation is 1.